The van der Waals surface area contributed by atoms with Crippen LogP contribution in [-0.2, 0) is 24.3 Å². The smallest absolute Gasteiger partial charge is 0.322 e. The second-order valence-electron chi connectivity index (χ2n) is 5.41. The lowest BCUT2D eigenvalue weighted by molar-refractivity contribution is -0.137. The van der Waals surface area contributed by atoms with Crippen molar-refractivity contribution in [3.8, 4) is 0 Å². The molecule has 0 amide bonds. The second kappa shape index (κ2) is 7.65. The van der Waals surface area contributed by atoms with Crippen LogP contribution in [0, 0.1) is 0 Å². The van der Waals surface area contributed by atoms with Gasteiger partial charge in [-0.2, -0.15) is 0 Å². The fourth-order valence-electron chi connectivity index (χ4n) is 2.52. The first kappa shape index (κ1) is 17.6. The number of sulfonamides is 1. The molecule has 1 aromatic carbocycles. The van der Waals surface area contributed by atoms with Crippen molar-refractivity contribution in [2.24, 2.45) is 0 Å². The van der Waals surface area contributed by atoms with E-state index in [1.165, 1.54) is 0 Å². The summed E-state index contributed by atoms with van der Waals surface area (Å²) in [4.78, 5) is 13.3. The molecule has 1 heterocycles. The second-order valence-corrected chi connectivity index (χ2v) is 7.13. The number of nitrogens with one attached hydrogen (secondary N) is 1. The number of hydrogen-bond acceptors (Lipinski definition) is 6. The van der Waals surface area contributed by atoms with Crippen molar-refractivity contribution in [3.63, 3.8) is 0 Å². The molecule has 0 atom stereocenters. The molecule has 8 heteroatoms. The zero-order chi connectivity index (χ0) is 16.9. The van der Waals surface area contributed by atoms with Gasteiger partial charge in [0.15, 0.2) is 5.75 Å². The predicted octanol–water partition coefficient (Wildman–Crippen LogP) is 1.22. The van der Waals surface area contributed by atoms with E-state index >= 15 is 0 Å². The van der Waals surface area contributed by atoms with Crippen molar-refractivity contribution in [1.82, 2.24) is 0 Å². The number of esters is 1. The third-order valence-corrected chi connectivity index (χ3v) is 4.98. The Morgan fingerprint density at radius 2 is 1.83 bits per heavy atom. The van der Waals surface area contributed by atoms with E-state index in [0.717, 1.165) is 38.7 Å². The Hall–Kier alpha value is -1.80. The van der Waals surface area contributed by atoms with Crippen LogP contribution in [0.3, 0.4) is 0 Å². The maximum absolute atomic E-state index is 11.8. The van der Waals surface area contributed by atoms with Gasteiger partial charge in [-0.25, -0.2) is 8.42 Å². The van der Waals surface area contributed by atoms with E-state index in [4.69, 9.17) is 4.74 Å². The highest BCUT2D eigenvalue weighted by Gasteiger charge is 2.20. The monoisotopic (exact) mass is 342 g/mol. The summed E-state index contributed by atoms with van der Waals surface area (Å²) in [5.41, 5.74) is 1.46. The van der Waals surface area contributed by atoms with Gasteiger partial charge in [-0.3, -0.25) is 9.52 Å². The number of benzene rings is 1. The van der Waals surface area contributed by atoms with E-state index in [-0.39, 0.29) is 0 Å². The molecule has 0 bridgehead atoms. The highest BCUT2D eigenvalue weighted by Crippen LogP contribution is 2.23. The number of ether oxygens (including phenoxy) is 2. The molecule has 128 valence electrons. The van der Waals surface area contributed by atoms with E-state index in [9.17, 15) is 13.2 Å². The van der Waals surface area contributed by atoms with Crippen molar-refractivity contribution in [2.75, 3.05) is 42.7 Å². The predicted molar refractivity (Wildman–Crippen MR) is 88.1 cm³/mol. The first-order chi connectivity index (χ1) is 10.9. The van der Waals surface area contributed by atoms with Crippen LogP contribution in [0.1, 0.15) is 12.8 Å². The fraction of sp³-hybridized carbons (Fsp3) is 0.533. The summed E-state index contributed by atoms with van der Waals surface area (Å²) in [6.07, 6.45) is 2.27. The van der Waals surface area contributed by atoms with Crippen LogP contribution in [-0.4, -0.2) is 53.6 Å². The SMILES string of the molecule is COC(=O)CS(=O)(=O)Nc1ccc(N2CCC(OC)CC2)cc1. The van der Waals surface area contributed by atoms with Crippen molar-refractivity contribution < 1.29 is 22.7 Å². The van der Waals surface area contributed by atoms with Crippen molar-refractivity contribution in [1.29, 1.82) is 0 Å². The minimum Gasteiger partial charge on any atom is -0.468 e. The minimum atomic E-state index is -3.75. The van der Waals surface area contributed by atoms with Crippen LogP contribution in [0.15, 0.2) is 24.3 Å². The standard InChI is InChI=1S/C15H22N2O5S/c1-21-14-7-9-17(10-8-14)13-5-3-12(4-6-13)16-23(19,20)11-15(18)22-2/h3-6,14,16H,7-11H2,1-2H3. The summed E-state index contributed by atoms with van der Waals surface area (Å²) in [6, 6.07) is 7.10. The number of piperidine rings is 1. The molecule has 1 fully saturated rings. The molecule has 0 aromatic heterocycles. The number of methoxy groups -OCH3 is 2. The fourth-order valence-corrected chi connectivity index (χ4v) is 3.52. The molecule has 1 N–H and O–H groups in total. The van der Waals surface area contributed by atoms with Crippen LogP contribution in [0.4, 0.5) is 11.4 Å². The quantitative estimate of drug-likeness (QED) is 0.783. The lowest BCUT2D eigenvalue weighted by Gasteiger charge is -2.33. The Morgan fingerprint density at radius 1 is 1.22 bits per heavy atom. The molecule has 1 aliphatic heterocycles. The molecule has 23 heavy (non-hydrogen) atoms. The maximum Gasteiger partial charge on any atom is 0.322 e. The van der Waals surface area contributed by atoms with Gasteiger partial charge in [0, 0.05) is 31.6 Å². The minimum absolute atomic E-state index is 0.315. The van der Waals surface area contributed by atoms with Crippen LogP contribution in [0.5, 0.6) is 0 Å². The van der Waals surface area contributed by atoms with Gasteiger partial charge in [0.1, 0.15) is 0 Å². The average Bonchev–Trinajstić information content (AvgIpc) is 2.54. The highest BCUT2D eigenvalue weighted by molar-refractivity contribution is 7.93. The third-order valence-electron chi connectivity index (χ3n) is 3.82. The van der Waals surface area contributed by atoms with E-state index in [0.29, 0.717) is 11.8 Å². The molecule has 0 spiro atoms. The zero-order valence-electron chi connectivity index (χ0n) is 13.3. The lowest BCUT2D eigenvalue weighted by Crippen LogP contribution is -2.36. The van der Waals surface area contributed by atoms with E-state index in [1.807, 2.05) is 12.1 Å². The van der Waals surface area contributed by atoms with Crippen molar-refractivity contribution in [2.45, 2.75) is 18.9 Å². The largest absolute Gasteiger partial charge is 0.468 e. The van der Waals surface area contributed by atoms with Crippen LogP contribution in [0.25, 0.3) is 0 Å². The summed E-state index contributed by atoms with van der Waals surface area (Å²) >= 11 is 0. The van der Waals surface area contributed by atoms with Gasteiger partial charge in [-0.05, 0) is 37.1 Å². The Morgan fingerprint density at radius 3 is 2.35 bits per heavy atom. The molecule has 1 saturated heterocycles. The molecule has 1 aliphatic rings. The van der Waals surface area contributed by atoms with Gasteiger partial charge in [-0.15, -0.1) is 0 Å². The Kier molecular flexibility index (Phi) is 5.84. The van der Waals surface area contributed by atoms with Crippen molar-refractivity contribution in [3.05, 3.63) is 24.3 Å². The van der Waals surface area contributed by atoms with Crippen LogP contribution >= 0.6 is 0 Å². The van der Waals surface area contributed by atoms with Gasteiger partial charge in [0.25, 0.3) is 0 Å². The Bertz CT molecular complexity index is 622. The Labute approximate surface area is 136 Å². The summed E-state index contributed by atoms with van der Waals surface area (Å²) in [5.74, 6) is -1.49. The number of carbonyl (C=O) groups excluding carboxylic acids is 1. The van der Waals surface area contributed by atoms with Crippen LogP contribution < -0.4 is 9.62 Å². The normalized spacial score (nSPS) is 16.2. The van der Waals surface area contributed by atoms with E-state index in [1.54, 1.807) is 19.2 Å². The lowest BCUT2D eigenvalue weighted by atomic mass is 10.1. The summed E-state index contributed by atoms with van der Waals surface area (Å²) < 4.78 is 35.7. The molecule has 0 aliphatic carbocycles. The molecule has 0 saturated carbocycles. The molecule has 1 aromatic rings. The van der Waals surface area contributed by atoms with E-state index in [2.05, 4.69) is 14.4 Å². The number of hydrogen-bond donors (Lipinski definition) is 1. The van der Waals surface area contributed by atoms with Gasteiger partial charge < -0.3 is 14.4 Å². The summed E-state index contributed by atoms with van der Waals surface area (Å²) in [6.45, 7) is 1.82. The molecule has 2 rings (SSSR count). The molecular formula is C15H22N2O5S. The molecule has 7 nitrogen and oxygen atoms in total. The average molecular weight is 342 g/mol. The number of carbonyl (C=O) groups is 1. The topological polar surface area (TPSA) is 84.9 Å². The molecule has 0 radical (unpaired) electrons. The molecule has 0 unspecified atom stereocenters. The van der Waals surface area contributed by atoms with Gasteiger partial charge in [0.05, 0.1) is 13.2 Å². The van der Waals surface area contributed by atoms with Gasteiger partial charge in [-0.1, -0.05) is 0 Å². The number of nitrogens with zero attached hydrogens (tertiary/aromatic N) is 1. The zero-order valence-corrected chi connectivity index (χ0v) is 14.1. The van der Waals surface area contributed by atoms with Gasteiger partial charge >= 0.3 is 5.97 Å². The first-order valence-electron chi connectivity index (χ1n) is 7.38. The van der Waals surface area contributed by atoms with Crippen LogP contribution in [0.2, 0.25) is 0 Å². The highest BCUT2D eigenvalue weighted by atomic mass is 32.2. The molecular weight excluding hydrogens is 320 g/mol. The Balaban J connectivity index is 1.96. The summed E-state index contributed by atoms with van der Waals surface area (Å²) in [5, 5.41) is 0. The van der Waals surface area contributed by atoms with E-state index < -0.39 is 21.7 Å². The summed E-state index contributed by atoms with van der Waals surface area (Å²) in [7, 11) is -0.865. The first-order valence-corrected chi connectivity index (χ1v) is 9.04. The van der Waals surface area contributed by atoms with Crippen molar-refractivity contribution >= 4 is 27.4 Å². The number of rotatable bonds is 6. The number of anilines is 2. The maximum atomic E-state index is 11.8. The van der Waals surface area contributed by atoms with Gasteiger partial charge in [0.2, 0.25) is 10.0 Å². The third kappa shape index (κ3) is 5.11.